The van der Waals surface area contributed by atoms with Crippen molar-refractivity contribution in [2.45, 2.75) is 13.8 Å². The van der Waals surface area contributed by atoms with Crippen LogP contribution in [0, 0.1) is 0 Å². The van der Waals surface area contributed by atoms with E-state index in [0.29, 0.717) is 0 Å². The molecule has 0 rings (SSSR count). The Balaban J connectivity index is 3.63. The molecule has 0 aromatic carbocycles. The number of hydrogen-bond donors (Lipinski definition) is 0. The van der Waals surface area contributed by atoms with E-state index in [1.165, 1.54) is 0 Å². The van der Waals surface area contributed by atoms with Gasteiger partial charge < -0.3 is 5.01 Å². The monoisotopic (exact) mass is 128 g/mol. The van der Waals surface area contributed by atoms with Crippen LogP contribution in [0.5, 0.6) is 0 Å². The highest BCUT2D eigenvalue weighted by molar-refractivity contribution is 4.65. The van der Waals surface area contributed by atoms with Gasteiger partial charge in [-0.15, -0.1) is 0 Å². The SMILES string of the molecule is C=CN(CC)N(C)CC. The van der Waals surface area contributed by atoms with E-state index in [-0.39, 0.29) is 0 Å². The predicted molar refractivity (Wildman–Crippen MR) is 40.9 cm³/mol. The summed E-state index contributed by atoms with van der Waals surface area (Å²) >= 11 is 0. The van der Waals surface area contributed by atoms with Crippen LogP contribution in [0.25, 0.3) is 0 Å². The van der Waals surface area contributed by atoms with Gasteiger partial charge in [-0.1, -0.05) is 13.5 Å². The molecule has 0 spiro atoms. The highest BCUT2D eigenvalue weighted by atomic mass is 15.6. The minimum atomic E-state index is 0.994. The summed E-state index contributed by atoms with van der Waals surface area (Å²) in [7, 11) is 2.05. The molecule has 0 aliphatic rings. The highest BCUT2D eigenvalue weighted by Crippen LogP contribution is 1.91. The van der Waals surface area contributed by atoms with Crippen LogP contribution in [-0.4, -0.2) is 30.2 Å². The topological polar surface area (TPSA) is 6.48 Å². The van der Waals surface area contributed by atoms with Crippen molar-refractivity contribution in [1.29, 1.82) is 0 Å². The first-order valence-electron chi connectivity index (χ1n) is 3.36. The molecule has 2 nitrogen and oxygen atoms in total. The van der Waals surface area contributed by atoms with Crippen molar-refractivity contribution in [3.05, 3.63) is 12.8 Å². The molecule has 0 amide bonds. The summed E-state index contributed by atoms with van der Waals surface area (Å²) in [6, 6.07) is 0. The number of rotatable bonds is 4. The molecule has 2 heteroatoms. The molecular formula is C7H16N2. The van der Waals surface area contributed by atoms with Crippen LogP contribution in [0.3, 0.4) is 0 Å². The summed E-state index contributed by atoms with van der Waals surface area (Å²) in [5.41, 5.74) is 0. The van der Waals surface area contributed by atoms with E-state index in [2.05, 4.69) is 30.4 Å². The average molecular weight is 128 g/mol. The Hall–Kier alpha value is -0.500. The van der Waals surface area contributed by atoms with Crippen molar-refractivity contribution in [1.82, 2.24) is 10.0 Å². The first kappa shape index (κ1) is 8.50. The lowest BCUT2D eigenvalue weighted by Crippen LogP contribution is -2.34. The maximum Gasteiger partial charge on any atom is 0.0311 e. The molecule has 0 aliphatic carbocycles. The lowest BCUT2D eigenvalue weighted by atomic mass is 10.6. The van der Waals surface area contributed by atoms with Gasteiger partial charge in [-0.2, -0.15) is 0 Å². The maximum atomic E-state index is 3.69. The maximum absolute atomic E-state index is 3.69. The van der Waals surface area contributed by atoms with Crippen LogP contribution >= 0.6 is 0 Å². The molecule has 0 aliphatic heterocycles. The Labute approximate surface area is 57.7 Å². The second-order valence-corrected chi connectivity index (χ2v) is 1.91. The Bertz CT molecular complexity index is 81.0. The molecule has 0 aromatic heterocycles. The summed E-state index contributed by atoms with van der Waals surface area (Å²) in [5, 5.41) is 4.19. The van der Waals surface area contributed by atoms with Gasteiger partial charge in [-0.05, 0) is 6.92 Å². The number of hydrogen-bond acceptors (Lipinski definition) is 2. The smallest absolute Gasteiger partial charge is 0.0311 e. The van der Waals surface area contributed by atoms with E-state index in [9.17, 15) is 0 Å². The van der Waals surface area contributed by atoms with Gasteiger partial charge in [0.25, 0.3) is 0 Å². The minimum Gasteiger partial charge on any atom is -0.314 e. The number of nitrogens with zero attached hydrogens (tertiary/aromatic N) is 2. The second-order valence-electron chi connectivity index (χ2n) is 1.91. The summed E-state index contributed by atoms with van der Waals surface area (Å²) in [6.45, 7) is 9.93. The third kappa shape index (κ3) is 2.51. The van der Waals surface area contributed by atoms with Crippen molar-refractivity contribution >= 4 is 0 Å². The molecule has 9 heavy (non-hydrogen) atoms. The van der Waals surface area contributed by atoms with Crippen LogP contribution in [0.2, 0.25) is 0 Å². The molecule has 0 unspecified atom stereocenters. The molecule has 0 bridgehead atoms. The standard InChI is InChI=1S/C7H16N2/c1-5-8(4)9(6-2)7-3/h6H,2,5,7H2,1,3-4H3. The molecular weight excluding hydrogens is 112 g/mol. The fraction of sp³-hybridized carbons (Fsp3) is 0.714. The molecule has 54 valence electrons. The Morgan fingerprint density at radius 1 is 1.33 bits per heavy atom. The van der Waals surface area contributed by atoms with E-state index in [1.807, 2.05) is 13.2 Å². The number of hydrazine groups is 1. The Kier molecular flexibility index (Phi) is 4.14. The molecule has 0 heterocycles. The lowest BCUT2D eigenvalue weighted by molar-refractivity contribution is 0.0638. The van der Waals surface area contributed by atoms with Gasteiger partial charge in [0.1, 0.15) is 0 Å². The predicted octanol–water partition coefficient (Wildman–Crippen LogP) is 1.32. The third-order valence-electron chi connectivity index (χ3n) is 1.43. The molecule has 0 radical (unpaired) electrons. The molecule has 0 aromatic rings. The Morgan fingerprint density at radius 2 is 1.89 bits per heavy atom. The molecule has 0 fully saturated rings. The van der Waals surface area contributed by atoms with Gasteiger partial charge in [0.15, 0.2) is 0 Å². The van der Waals surface area contributed by atoms with E-state index in [0.717, 1.165) is 13.1 Å². The van der Waals surface area contributed by atoms with Gasteiger partial charge in [-0.25, -0.2) is 5.01 Å². The molecule has 0 saturated heterocycles. The zero-order valence-electron chi connectivity index (χ0n) is 6.59. The summed E-state index contributed by atoms with van der Waals surface area (Å²) in [6.07, 6.45) is 1.84. The molecule has 0 atom stereocenters. The van der Waals surface area contributed by atoms with Crippen molar-refractivity contribution in [3.8, 4) is 0 Å². The van der Waals surface area contributed by atoms with Gasteiger partial charge in [0.2, 0.25) is 0 Å². The van der Waals surface area contributed by atoms with Crippen molar-refractivity contribution in [2.24, 2.45) is 0 Å². The largest absolute Gasteiger partial charge is 0.314 e. The van der Waals surface area contributed by atoms with Gasteiger partial charge in [0, 0.05) is 26.3 Å². The van der Waals surface area contributed by atoms with E-state index < -0.39 is 0 Å². The van der Waals surface area contributed by atoms with Crippen LogP contribution < -0.4 is 0 Å². The van der Waals surface area contributed by atoms with Gasteiger partial charge in [0.05, 0.1) is 0 Å². The zero-order chi connectivity index (χ0) is 7.28. The lowest BCUT2D eigenvalue weighted by Gasteiger charge is -2.27. The van der Waals surface area contributed by atoms with Crippen LogP contribution in [0.1, 0.15) is 13.8 Å². The fourth-order valence-electron chi connectivity index (χ4n) is 0.692. The van der Waals surface area contributed by atoms with Crippen LogP contribution in [0.4, 0.5) is 0 Å². The summed E-state index contributed by atoms with van der Waals surface area (Å²) in [5.74, 6) is 0. The van der Waals surface area contributed by atoms with Crippen molar-refractivity contribution < 1.29 is 0 Å². The van der Waals surface area contributed by atoms with Gasteiger partial charge in [-0.3, -0.25) is 0 Å². The summed E-state index contributed by atoms with van der Waals surface area (Å²) < 4.78 is 0. The fourth-order valence-corrected chi connectivity index (χ4v) is 0.692. The molecule has 0 saturated carbocycles. The zero-order valence-corrected chi connectivity index (χ0v) is 6.59. The summed E-state index contributed by atoms with van der Waals surface area (Å²) in [4.78, 5) is 0. The Morgan fingerprint density at radius 3 is 2.00 bits per heavy atom. The first-order valence-corrected chi connectivity index (χ1v) is 3.36. The highest BCUT2D eigenvalue weighted by Gasteiger charge is 1.97. The van der Waals surface area contributed by atoms with Crippen LogP contribution in [0.15, 0.2) is 12.8 Å². The van der Waals surface area contributed by atoms with E-state index >= 15 is 0 Å². The van der Waals surface area contributed by atoms with Crippen molar-refractivity contribution in [3.63, 3.8) is 0 Å². The average Bonchev–Trinajstić information content (AvgIpc) is 1.90. The quantitative estimate of drug-likeness (QED) is 0.527. The first-order chi connectivity index (χ1) is 4.26. The minimum absolute atomic E-state index is 0.994. The normalized spacial score (nSPS) is 9.78. The second kappa shape index (κ2) is 4.39. The molecule has 0 N–H and O–H groups in total. The van der Waals surface area contributed by atoms with Crippen LogP contribution in [-0.2, 0) is 0 Å². The van der Waals surface area contributed by atoms with E-state index in [1.54, 1.807) is 0 Å². The van der Waals surface area contributed by atoms with E-state index in [4.69, 9.17) is 0 Å². The third-order valence-corrected chi connectivity index (χ3v) is 1.43. The van der Waals surface area contributed by atoms with Gasteiger partial charge >= 0.3 is 0 Å². The van der Waals surface area contributed by atoms with Crippen molar-refractivity contribution in [2.75, 3.05) is 20.1 Å².